The van der Waals surface area contributed by atoms with E-state index in [9.17, 15) is 4.79 Å². The molecule has 3 nitrogen and oxygen atoms in total. The number of nitrogens with zero attached hydrogens (tertiary/aromatic N) is 1. The van der Waals surface area contributed by atoms with E-state index in [1.165, 1.54) is 32.1 Å². The van der Waals surface area contributed by atoms with E-state index in [1.54, 1.807) is 6.92 Å². The van der Waals surface area contributed by atoms with Gasteiger partial charge in [0.15, 0.2) is 0 Å². The molecule has 0 aliphatic heterocycles. The Labute approximate surface area is 144 Å². The molecule has 1 aromatic rings. The SMILES string of the molecule is CC/C(=N/OCC1CCCCC1)c1cc(Cl)ccc1CC(C)=O. The molecule has 1 aromatic carbocycles. The van der Waals surface area contributed by atoms with Crippen molar-refractivity contribution in [3.63, 3.8) is 0 Å². The third-order valence-electron chi connectivity index (χ3n) is 4.37. The predicted octanol–water partition coefficient (Wildman–Crippen LogP) is 5.18. The topological polar surface area (TPSA) is 38.7 Å². The Kier molecular flexibility index (Phi) is 7.10. The Morgan fingerprint density at radius 3 is 2.70 bits per heavy atom. The summed E-state index contributed by atoms with van der Waals surface area (Å²) < 4.78 is 0. The van der Waals surface area contributed by atoms with Gasteiger partial charge in [-0.15, -0.1) is 0 Å². The van der Waals surface area contributed by atoms with E-state index in [-0.39, 0.29) is 5.78 Å². The van der Waals surface area contributed by atoms with Crippen molar-refractivity contribution in [2.24, 2.45) is 11.1 Å². The number of rotatable bonds is 7. The minimum atomic E-state index is 0.132. The van der Waals surface area contributed by atoms with Crippen molar-refractivity contribution in [1.82, 2.24) is 0 Å². The monoisotopic (exact) mass is 335 g/mol. The number of Topliss-reactive ketones (excluding diaryl/α,β-unsaturated/α-hetero) is 1. The summed E-state index contributed by atoms with van der Waals surface area (Å²) in [5.74, 6) is 0.758. The Morgan fingerprint density at radius 1 is 1.30 bits per heavy atom. The normalized spacial score (nSPS) is 16.4. The van der Waals surface area contributed by atoms with Crippen molar-refractivity contribution >= 4 is 23.1 Å². The lowest BCUT2D eigenvalue weighted by Gasteiger charge is -2.20. The van der Waals surface area contributed by atoms with Gasteiger partial charge in [0.25, 0.3) is 0 Å². The van der Waals surface area contributed by atoms with Crippen LogP contribution >= 0.6 is 11.6 Å². The van der Waals surface area contributed by atoms with Gasteiger partial charge in [-0.2, -0.15) is 0 Å². The molecule has 126 valence electrons. The highest BCUT2D eigenvalue weighted by molar-refractivity contribution is 6.31. The summed E-state index contributed by atoms with van der Waals surface area (Å²) in [4.78, 5) is 17.1. The quantitative estimate of drug-likeness (QED) is 0.508. The average molecular weight is 336 g/mol. The summed E-state index contributed by atoms with van der Waals surface area (Å²) in [5, 5.41) is 5.02. The van der Waals surface area contributed by atoms with Gasteiger partial charge in [-0.3, -0.25) is 4.79 Å². The van der Waals surface area contributed by atoms with Crippen LogP contribution < -0.4 is 0 Å². The van der Waals surface area contributed by atoms with Crippen molar-refractivity contribution in [2.45, 2.75) is 58.8 Å². The second-order valence-corrected chi connectivity index (χ2v) is 6.81. The predicted molar refractivity (Wildman–Crippen MR) is 95.2 cm³/mol. The fourth-order valence-electron chi connectivity index (χ4n) is 3.12. The zero-order chi connectivity index (χ0) is 16.7. The molecule has 2 rings (SSSR count). The van der Waals surface area contributed by atoms with Crippen molar-refractivity contribution in [3.8, 4) is 0 Å². The third-order valence-corrected chi connectivity index (χ3v) is 4.60. The summed E-state index contributed by atoms with van der Waals surface area (Å²) >= 11 is 6.13. The molecule has 0 unspecified atom stereocenters. The number of halogens is 1. The first-order chi connectivity index (χ1) is 11.1. The lowest BCUT2D eigenvalue weighted by atomic mass is 9.90. The molecular formula is C19H26ClNO2. The van der Waals surface area contributed by atoms with Crippen molar-refractivity contribution < 1.29 is 9.63 Å². The lowest BCUT2D eigenvalue weighted by Crippen LogP contribution is -2.13. The van der Waals surface area contributed by atoms with Gasteiger partial charge in [-0.25, -0.2) is 0 Å². The largest absolute Gasteiger partial charge is 0.395 e. The molecule has 0 aromatic heterocycles. The van der Waals surface area contributed by atoms with Crippen LogP contribution in [-0.2, 0) is 16.1 Å². The zero-order valence-electron chi connectivity index (χ0n) is 14.1. The van der Waals surface area contributed by atoms with Gasteiger partial charge in [0.1, 0.15) is 12.4 Å². The number of carbonyl (C=O) groups excluding carboxylic acids is 1. The molecule has 1 fully saturated rings. The van der Waals surface area contributed by atoms with Gasteiger partial charge in [0.2, 0.25) is 0 Å². The molecular weight excluding hydrogens is 310 g/mol. The molecule has 0 saturated heterocycles. The van der Waals surface area contributed by atoms with Gasteiger partial charge < -0.3 is 4.84 Å². The summed E-state index contributed by atoms with van der Waals surface area (Å²) in [7, 11) is 0. The second-order valence-electron chi connectivity index (χ2n) is 6.37. The highest BCUT2D eigenvalue weighted by Crippen LogP contribution is 2.24. The number of benzene rings is 1. The van der Waals surface area contributed by atoms with Crippen molar-refractivity contribution in [3.05, 3.63) is 34.3 Å². The van der Waals surface area contributed by atoms with E-state index in [0.717, 1.165) is 23.3 Å². The molecule has 1 aliphatic carbocycles. The number of hydrogen-bond donors (Lipinski definition) is 0. The molecule has 0 atom stereocenters. The molecule has 1 aliphatic rings. The minimum Gasteiger partial charge on any atom is -0.395 e. The molecule has 4 heteroatoms. The van der Waals surface area contributed by atoms with Gasteiger partial charge in [-0.05, 0) is 49.8 Å². The summed E-state index contributed by atoms with van der Waals surface area (Å²) in [6.45, 7) is 4.33. The summed E-state index contributed by atoms with van der Waals surface area (Å²) in [6.07, 6.45) is 7.57. The molecule has 0 bridgehead atoms. The Bertz CT molecular complexity index is 562. The van der Waals surface area contributed by atoms with Crippen LogP contribution in [0, 0.1) is 5.92 Å². The van der Waals surface area contributed by atoms with Crippen LogP contribution in [0.4, 0.5) is 0 Å². The maximum atomic E-state index is 11.5. The van der Waals surface area contributed by atoms with E-state index in [0.29, 0.717) is 24.0 Å². The van der Waals surface area contributed by atoms with E-state index in [2.05, 4.69) is 5.16 Å². The van der Waals surface area contributed by atoms with Crippen LogP contribution in [0.3, 0.4) is 0 Å². The molecule has 0 spiro atoms. The Morgan fingerprint density at radius 2 is 2.04 bits per heavy atom. The maximum Gasteiger partial charge on any atom is 0.134 e. The number of hydrogen-bond acceptors (Lipinski definition) is 3. The van der Waals surface area contributed by atoms with Crippen molar-refractivity contribution in [1.29, 1.82) is 0 Å². The molecule has 1 saturated carbocycles. The second kappa shape index (κ2) is 9.07. The molecule has 0 radical (unpaired) electrons. The fraction of sp³-hybridized carbons (Fsp3) is 0.579. The van der Waals surface area contributed by atoms with Crippen LogP contribution in [0.15, 0.2) is 23.4 Å². The molecule has 0 N–H and O–H groups in total. The van der Waals surface area contributed by atoms with Crippen molar-refractivity contribution in [2.75, 3.05) is 6.61 Å². The van der Waals surface area contributed by atoms with Gasteiger partial charge in [0.05, 0.1) is 5.71 Å². The van der Waals surface area contributed by atoms with Gasteiger partial charge in [-0.1, -0.05) is 49.0 Å². The minimum absolute atomic E-state index is 0.132. The average Bonchev–Trinajstić information content (AvgIpc) is 2.54. The first-order valence-electron chi connectivity index (χ1n) is 8.57. The van der Waals surface area contributed by atoms with E-state index >= 15 is 0 Å². The smallest absolute Gasteiger partial charge is 0.134 e. The zero-order valence-corrected chi connectivity index (χ0v) is 14.9. The fourth-order valence-corrected chi connectivity index (χ4v) is 3.29. The highest BCUT2D eigenvalue weighted by atomic mass is 35.5. The molecule has 0 amide bonds. The Balaban J connectivity index is 2.10. The van der Waals surface area contributed by atoms with E-state index < -0.39 is 0 Å². The Hall–Kier alpha value is -1.35. The lowest BCUT2D eigenvalue weighted by molar-refractivity contribution is -0.116. The summed E-state index contributed by atoms with van der Waals surface area (Å²) in [5.41, 5.74) is 2.75. The van der Waals surface area contributed by atoms with E-state index in [1.807, 2.05) is 25.1 Å². The number of oxime groups is 1. The number of carbonyl (C=O) groups is 1. The molecule has 23 heavy (non-hydrogen) atoms. The van der Waals surface area contributed by atoms with Gasteiger partial charge in [0, 0.05) is 17.0 Å². The van der Waals surface area contributed by atoms with Crippen LogP contribution in [0.1, 0.15) is 63.5 Å². The standard InChI is InChI=1S/C19H26ClNO2/c1-3-19(21-23-13-15-7-5-4-6-8-15)18-12-17(20)10-9-16(18)11-14(2)22/h9-10,12,15H,3-8,11,13H2,1-2H3/b21-19-. The highest BCUT2D eigenvalue weighted by Gasteiger charge is 2.15. The van der Waals surface area contributed by atoms with Crippen LogP contribution in [0.5, 0.6) is 0 Å². The maximum absolute atomic E-state index is 11.5. The first-order valence-corrected chi connectivity index (χ1v) is 8.95. The van der Waals surface area contributed by atoms with E-state index in [4.69, 9.17) is 16.4 Å². The molecule has 0 heterocycles. The van der Waals surface area contributed by atoms with Crippen LogP contribution in [0.25, 0.3) is 0 Å². The third kappa shape index (κ3) is 5.65. The first kappa shape index (κ1) is 18.0. The number of ketones is 1. The summed E-state index contributed by atoms with van der Waals surface area (Å²) in [6, 6.07) is 5.61. The van der Waals surface area contributed by atoms with Gasteiger partial charge >= 0.3 is 0 Å². The van der Waals surface area contributed by atoms with Crippen LogP contribution in [-0.4, -0.2) is 18.1 Å². The van der Waals surface area contributed by atoms with Crippen LogP contribution in [0.2, 0.25) is 5.02 Å².